The van der Waals surface area contributed by atoms with E-state index in [9.17, 15) is 0 Å². The Hall–Kier alpha value is 0.270. The lowest BCUT2D eigenvalue weighted by Crippen LogP contribution is -2.60. The molecule has 1 fully saturated rings. The molecule has 0 aliphatic carbocycles. The molecule has 2 nitrogen and oxygen atoms in total. The van der Waals surface area contributed by atoms with Gasteiger partial charge in [-0.3, -0.25) is 4.90 Å². The molecule has 0 spiro atoms. The summed E-state index contributed by atoms with van der Waals surface area (Å²) in [5.74, 6) is 2.57. The molecule has 0 saturated carbocycles. The van der Waals surface area contributed by atoms with Crippen LogP contribution in [0.1, 0.15) is 53.9 Å². The first-order valence-corrected chi connectivity index (χ1v) is 9.19. The normalized spacial score (nSPS) is 25.7. The van der Waals surface area contributed by atoms with Gasteiger partial charge in [0.05, 0.1) is 0 Å². The van der Waals surface area contributed by atoms with Crippen molar-refractivity contribution < 1.29 is 0 Å². The van der Waals surface area contributed by atoms with Gasteiger partial charge in [0.1, 0.15) is 0 Å². The van der Waals surface area contributed by atoms with Crippen LogP contribution < -0.4 is 5.32 Å². The monoisotopic (exact) mass is 286 g/mol. The molecule has 19 heavy (non-hydrogen) atoms. The Morgan fingerprint density at radius 2 is 2.00 bits per heavy atom. The quantitative estimate of drug-likeness (QED) is 0.720. The molecule has 2 unspecified atom stereocenters. The summed E-state index contributed by atoms with van der Waals surface area (Å²) in [4.78, 5) is 2.76. The standard InChI is InChI=1S/C16H34N2S/c1-6-9-14-13-18(10-8-11-19-7-2)15(12-17-14)16(3,4)5/h14-15,17H,6-13H2,1-5H3. The molecular formula is C16H34N2S. The minimum Gasteiger partial charge on any atom is -0.311 e. The Kier molecular flexibility index (Phi) is 7.78. The van der Waals surface area contributed by atoms with Crippen LogP contribution in [0.25, 0.3) is 0 Å². The van der Waals surface area contributed by atoms with Crippen LogP contribution in [0.2, 0.25) is 0 Å². The van der Waals surface area contributed by atoms with E-state index in [4.69, 9.17) is 0 Å². The van der Waals surface area contributed by atoms with Gasteiger partial charge in [0.25, 0.3) is 0 Å². The lowest BCUT2D eigenvalue weighted by atomic mass is 9.83. The lowest BCUT2D eigenvalue weighted by molar-refractivity contribution is 0.0542. The number of rotatable bonds is 7. The highest BCUT2D eigenvalue weighted by molar-refractivity contribution is 7.99. The third-order valence-electron chi connectivity index (χ3n) is 4.07. The van der Waals surface area contributed by atoms with Crippen molar-refractivity contribution in [1.29, 1.82) is 0 Å². The van der Waals surface area contributed by atoms with Gasteiger partial charge < -0.3 is 5.32 Å². The van der Waals surface area contributed by atoms with Crippen molar-refractivity contribution in [3.63, 3.8) is 0 Å². The number of piperazine rings is 1. The zero-order valence-electron chi connectivity index (χ0n) is 13.7. The maximum atomic E-state index is 3.76. The molecule has 1 N–H and O–H groups in total. The van der Waals surface area contributed by atoms with Gasteiger partial charge in [-0.2, -0.15) is 11.8 Å². The molecule has 1 aliphatic rings. The fourth-order valence-electron chi connectivity index (χ4n) is 3.04. The topological polar surface area (TPSA) is 15.3 Å². The van der Waals surface area contributed by atoms with Crippen LogP contribution in [0, 0.1) is 5.41 Å². The molecule has 2 atom stereocenters. The molecule has 1 saturated heterocycles. The molecule has 0 bridgehead atoms. The lowest BCUT2D eigenvalue weighted by Gasteiger charge is -2.46. The van der Waals surface area contributed by atoms with E-state index >= 15 is 0 Å². The molecule has 3 heteroatoms. The molecular weight excluding hydrogens is 252 g/mol. The van der Waals surface area contributed by atoms with Crippen LogP contribution in [-0.4, -0.2) is 48.1 Å². The van der Waals surface area contributed by atoms with Crippen molar-refractivity contribution in [2.24, 2.45) is 5.41 Å². The first kappa shape index (κ1) is 17.3. The summed E-state index contributed by atoms with van der Waals surface area (Å²) in [6.07, 6.45) is 3.94. The number of nitrogens with zero attached hydrogens (tertiary/aromatic N) is 1. The zero-order chi connectivity index (χ0) is 14.3. The molecule has 0 radical (unpaired) electrons. The predicted molar refractivity (Wildman–Crippen MR) is 89.1 cm³/mol. The van der Waals surface area contributed by atoms with Crippen LogP contribution in [0.3, 0.4) is 0 Å². The molecule has 0 aromatic heterocycles. The summed E-state index contributed by atoms with van der Waals surface area (Å²) in [6.45, 7) is 15.4. The highest BCUT2D eigenvalue weighted by Crippen LogP contribution is 2.27. The van der Waals surface area contributed by atoms with Crippen molar-refractivity contribution >= 4 is 11.8 Å². The zero-order valence-corrected chi connectivity index (χ0v) is 14.5. The van der Waals surface area contributed by atoms with Crippen molar-refractivity contribution in [2.75, 3.05) is 31.1 Å². The Balaban J connectivity index is 2.50. The fourth-order valence-corrected chi connectivity index (χ4v) is 3.66. The van der Waals surface area contributed by atoms with E-state index in [1.807, 2.05) is 0 Å². The maximum Gasteiger partial charge on any atom is 0.0269 e. The van der Waals surface area contributed by atoms with Crippen molar-refractivity contribution in [1.82, 2.24) is 10.2 Å². The third kappa shape index (κ3) is 6.05. The van der Waals surface area contributed by atoms with Gasteiger partial charge in [0.15, 0.2) is 0 Å². The highest BCUT2D eigenvalue weighted by atomic mass is 32.2. The van der Waals surface area contributed by atoms with Crippen LogP contribution in [-0.2, 0) is 0 Å². The molecule has 1 aliphatic heterocycles. The Labute approximate surface area is 125 Å². The number of hydrogen-bond acceptors (Lipinski definition) is 3. The summed E-state index contributed by atoms with van der Waals surface area (Å²) in [5, 5.41) is 3.76. The third-order valence-corrected chi connectivity index (χ3v) is 5.06. The van der Waals surface area contributed by atoms with E-state index in [2.05, 4.69) is 56.6 Å². The van der Waals surface area contributed by atoms with Gasteiger partial charge >= 0.3 is 0 Å². The van der Waals surface area contributed by atoms with Gasteiger partial charge in [-0.15, -0.1) is 0 Å². The van der Waals surface area contributed by atoms with E-state index in [0.717, 1.165) is 6.54 Å². The van der Waals surface area contributed by atoms with Gasteiger partial charge in [0, 0.05) is 25.2 Å². The number of thioether (sulfide) groups is 1. The van der Waals surface area contributed by atoms with E-state index in [1.54, 1.807) is 0 Å². The maximum absolute atomic E-state index is 3.76. The molecule has 0 aromatic rings. The summed E-state index contributed by atoms with van der Waals surface area (Å²) >= 11 is 2.07. The average molecular weight is 287 g/mol. The fraction of sp³-hybridized carbons (Fsp3) is 1.00. The summed E-state index contributed by atoms with van der Waals surface area (Å²) in [7, 11) is 0. The smallest absolute Gasteiger partial charge is 0.0269 e. The first-order chi connectivity index (χ1) is 8.99. The highest BCUT2D eigenvalue weighted by Gasteiger charge is 2.34. The van der Waals surface area contributed by atoms with Crippen LogP contribution >= 0.6 is 11.8 Å². The number of hydrogen-bond donors (Lipinski definition) is 1. The van der Waals surface area contributed by atoms with Gasteiger partial charge in [-0.1, -0.05) is 41.0 Å². The Morgan fingerprint density at radius 1 is 1.26 bits per heavy atom. The molecule has 1 rings (SSSR count). The summed E-state index contributed by atoms with van der Waals surface area (Å²) < 4.78 is 0. The van der Waals surface area contributed by atoms with E-state index in [-0.39, 0.29) is 0 Å². The summed E-state index contributed by atoms with van der Waals surface area (Å²) in [5.41, 5.74) is 0.377. The first-order valence-electron chi connectivity index (χ1n) is 8.04. The predicted octanol–water partition coefficient (Wildman–Crippen LogP) is 3.62. The van der Waals surface area contributed by atoms with Crippen LogP contribution in [0.4, 0.5) is 0 Å². The van der Waals surface area contributed by atoms with Crippen LogP contribution in [0.15, 0.2) is 0 Å². The minimum absolute atomic E-state index is 0.377. The van der Waals surface area contributed by atoms with Crippen molar-refractivity contribution in [3.05, 3.63) is 0 Å². The van der Waals surface area contributed by atoms with Crippen molar-refractivity contribution in [2.45, 2.75) is 66.0 Å². The van der Waals surface area contributed by atoms with Gasteiger partial charge in [0.2, 0.25) is 0 Å². The second-order valence-electron chi connectivity index (χ2n) is 6.82. The van der Waals surface area contributed by atoms with E-state index in [1.165, 1.54) is 43.9 Å². The number of nitrogens with one attached hydrogen (secondary N) is 1. The average Bonchev–Trinajstić information content (AvgIpc) is 2.34. The minimum atomic E-state index is 0.377. The Morgan fingerprint density at radius 3 is 2.58 bits per heavy atom. The summed E-state index contributed by atoms with van der Waals surface area (Å²) in [6, 6.07) is 1.40. The molecule has 0 amide bonds. The van der Waals surface area contributed by atoms with E-state index in [0.29, 0.717) is 17.5 Å². The van der Waals surface area contributed by atoms with Crippen LogP contribution in [0.5, 0.6) is 0 Å². The van der Waals surface area contributed by atoms with E-state index < -0.39 is 0 Å². The van der Waals surface area contributed by atoms with Gasteiger partial charge in [-0.05, 0) is 36.3 Å². The Bertz CT molecular complexity index is 237. The SMILES string of the molecule is CCCC1CN(CCCSCC)C(C(C)(C)C)CN1. The second kappa shape index (κ2) is 8.53. The molecule has 114 valence electrons. The molecule has 1 heterocycles. The molecule has 0 aromatic carbocycles. The van der Waals surface area contributed by atoms with Crippen molar-refractivity contribution in [3.8, 4) is 0 Å². The second-order valence-corrected chi connectivity index (χ2v) is 8.21. The van der Waals surface area contributed by atoms with Gasteiger partial charge in [-0.25, -0.2) is 0 Å². The largest absolute Gasteiger partial charge is 0.311 e.